The molecule has 4 aromatic rings. The first-order valence-electron chi connectivity index (χ1n) is 11.0. The lowest BCUT2D eigenvalue weighted by molar-refractivity contribution is 0.319. The highest BCUT2D eigenvalue weighted by molar-refractivity contribution is 5.96. The van der Waals surface area contributed by atoms with Crippen molar-refractivity contribution in [2.24, 2.45) is 5.16 Å². The van der Waals surface area contributed by atoms with Gasteiger partial charge < -0.3 is 15.4 Å². The van der Waals surface area contributed by atoms with Crippen LogP contribution in [0, 0.1) is 0 Å². The molecule has 0 atom stereocenters. The van der Waals surface area contributed by atoms with E-state index >= 15 is 0 Å². The molecular formula is C23H24N8O. The van der Waals surface area contributed by atoms with Gasteiger partial charge in [0.2, 0.25) is 0 Å². The zero-order valence-corrected chi connectivity index (χ0v) is 17.9. The number of pyridine rings is 1. The van der Waals surface area contributed by atoms with Gasteiger partial charge in [-0.3, -0.25) is 4.98 Å². The van der Waals surface area contributed by atoms with Gasteiger partial charge in [-0.1, -0.05) is 11.2 Å². The van der Waals surface area contributed by atoms with Gasteiger partial charge in [-0.2, -0.15) is 9.61 Å². The van der Waals surface area contributed by atoms with E-state index in [-0.39, 0.29) is 5.41 Å². The van der Waals surface area contributed by atoms with Crippen LogP contribution in [-0.4, -0.2) is 61.9 Å². The number of hydrogen-bond donors (Lipinski definition) is 2. The number of oxime groups is 1. The van der Waals surface area contributed by atoms with E-state index < -0.39 is 0 Å². The van der Waals surface area contributed by atoms with Crippen molar-refractivity contribution in [1.82, 2.24) is 30.1 Å². The zero-order chi connectivity index (χ0) is 21.7. The van der Waals surface area contributed by atoms with Crippen molar-refractivity contribution >= 4 is 27.9 Å². The zero-order valence-electron chi connectivity index (χ0n) is 17.9. The summed E-state index contributed by atoms with van der Waals surface area (Å²) in [7, 11) is 0. The van der Waals surface area contributed by atoms with E-state index in [0.29, 0.717) is 17.1 Å². The smallest absolute Gasteiger partial charge is 0.177 e. The molecule has 2 fully saturated rings. The highest BCUT2D eigenvalue weighted by atomic mass is 16.4. The summed E-state index contributed by atoms with van der Waals surface area (Å²) < 4.78 is 1.79. The van der Waals surface area contributed by atoms with Gasteiger partial charge in [0.05, 0.1) is 22.8 Å². The van der Waals surface area contributed by atoms with Crippen LogP contribution in [0.5, 0.6) is 0 Å². The molecule has 2 aliphatic rings. The Morgan fingerprint density at radius 2 is 1.94 bits per heavy atom. The van der Waals surface area contributed by atoms with Crippen LogP contribution in [0.3, 0.4) is 0 Å². The summed E-state index contributed by atoms with van der Waals surface area (Å²) in [6, 6.07) is 12.4. The third-order valence-corrected chi connectivity index (χ3v) is 6.66. The topological polar surface area (TPSA) is 104 Å². The molecule has 4 heterocycles. The van der Waals surface area contributed by atoms with Gasteiger partial charge in [-0.25, -0.2) is 0 Å². The van der Waals surface area contributed by atoms with Crippen LogP contribution in [0.25, 0.3) is 16.6 Å². The molecule has 0 radical (unpaired) electrons. The number of nitrogens with one attached hydrogen (secondary N) is 1. The largest absolute Gasteiger partial charge is 0.411 e. The van der Waals surface area contributed by atoms with E-state index in [1.165, 1.54) is 11.3 Å². The average Bonchev–Trinajstić information content (AvgIpc) is 3.55. The monoisotopic (exact) mass is 428 g/mol. The van der Waals surface area contributed by atoms with Gasteiger partial charge in [0.1, 0.15) is 11.4 Å². The van der Waals surface area contributed by atoms with E-state index in [9.17, 15) is 0 Å². The summed E-state index contributed by atoms with van der Waals surface area (Å²) in [6.45, 7) is 5.70. The molecule has 0 spiro atoms. The second kappa shape index (κ2) is 7.23. The molecule has 0 amide bonds. The lowest BCUT2D eigenvalue weighted by Crippen LogP contribution is -2.43. The number of nitrogens with zero attached hydrogens (tertiary/aromatic N) is 7. The van der Waals surface area contributed by atoms with Crippen molar-refractivity contribution in [1.29, 1.82) is 0 Å². The maximum Gasteiger partial charge on any atom is 0.177 e. The van der Waals surface area contributed by atoms with Gasteiger partial charge in [-0.15, -0.1) is 10.2 Å². The van der Waals surface area contributed by atoms with E-state index in [0.717, 1.165) is 55.7 Å². The van der Waals surface area contributed by atoms with E-state index in [4.69, 9.17) is 10.2 Å². The predicted octanol–water partition coefficient (Wildman–Crippen LogP) is 2.36. The van der Waals surface area contributed by atoms with Crippen LogP contribution in [0.1, 0.15) is 36.8 Å². The van der Waals surface area contributed by atoms with Crippen LogP contribution in [0.2, 0.25) is 0 Å². The van der Waals surface area contributed by atoms with Crippen LogP contribution >= 0.6 is 0 Å². The predicted molar refractivity (Wildman–Crippen MR) is 122 cm³/mol. The minimum atomic E-state index is -0.214. The number of fused-ring (bicyclic) bond motifs is 2. The quantitative estimate of drug-likeness (QED) is 0.292. The average molecular weight is 429 g/mol. The minimum Gasteiger partial charge on any atom is -0.411 e. The third kappa shape index (κ3) is 3.00. The second-order valence-electron chi connectivity index (χ2n) is 8.62. The van der Waals surface area contributed by atoms with Gasteiger partial charge in [-0.05, 0) is 55.7 Å². The maximum atomic E-state index is 9.14. The van der Waals surface area contributed by atoms with Crippen LogP contribution in [0.4, 0.5) is 5.69 Å². The Hall–Kier alpha value is -3.59. The standard InChI is InChI=1S/C23H24N8O/c1-15(29-32)19-4-5-21-26-27-22(31(21)28-19)23(6-7-23)17-2-3-20-16(12-17)13-18(14-25-20)30-10-8-24-9-11-30/h2-5,12-14,24,32H,6-11H2,1H3/b29-15+. The van der Waals surface area contributed by atoms with Crippen molar-refractivity contribution in [2.75, 3.05) is 31.1 Å². The summed E-state index contributed by atoms with van der Waals surface area (Å²) in [5, 5.41) is 30.5. The fourth-order valence-corrected chi connectivity index (χ4v) is 4.61. The molecule has 1 saturated carbocycles. The van der Waals surface area contributed by atoms with Crippen molar-refractivity contribution in [3.05, 3.63) is 59.7 Å². The molecule has 1 aliphatic heterocycles. The minimum absolute atomic E-state index is 0.214. The Balaban J connectivity index is 1.42. The summed E-state index contributed by atoms with van der Waals surface area (Å²) in [4.78, 5) is 7.09. The highest BCUT2D eigenvalue weighted by Crippen LogP contribution is 2.53. The van der Waals surface area contributed by atoms with Crippen molar-refractivity contribution in [3.8, 4) is 0 Å². The van der Waals surface area contributed by atoms with Gasteiger partial charge in [0, 0.05) is 31.6 Å². The number of rotatable bonds is 4. The molecule has 0 bridgehead atoms. The molecule has 1 saturated heterocycles. The first-order valence-corrected chi connectivity index (χ1v) is 11.0. The van der Waals surface area contributed by atoms with Crippen LogP contribution < -0.4 is 10.2 Å². The SMILES string of the molecule is C/C(=N\O)c1ccc2nnc(C3(c4ccc5ncc(N6CCNCC6)cc5c4)CC3)n2n1. The summed E-state index contributed by atoms with van der Waals surface area (Å²) in [5.74, 6) is 0.825. The molecule has 32 heavy (non-hydrogen) atoms. The lowest BCUT2D eigenvalue weighted by atomic mass is 9.93. The maximum absolute atomic E-state index is 9.14. The number of benzene rings is 1. The molecule has 3 aromatic heterocycles. The lowest BCUT2D eigenvalue weighted by Gasteiger charge is -2.29. The first kappa shape index (κ1) is 19.1. The van der Waals surface area contributed by atoms with E-state index in [2.05, 4.69) is 54.9 Å². The van der Waals surface area contributed by atoms with Crippen molar-refractivity contribution in [2.45, 2.75) is 25.2 Å². The molecule has 162 valence electrons. The van der Waals surface area contributed by atoms with Crippen molar-refractivity contribution < 1.29 is 5.21 Å². The first-order chi connectivity index (χ1) is 15.7. The van der Waals surface area contributed by atoms with E-state index in [1.807, 2.05) is 12.3 Å². The fourth-order valence-electron chi connectivity index (χ4n) is 4.61. The van der Waals surface area contributed by atoms with Gasteiger partial charge in [0.15, 0.2) is 11.5 Å². The molecule has 1 aromatic carbocycles. The Bertz CT molecular complexity index is 1350. The van der Waals surface area contributed by atoms with Crippen LogP contribution in [0.15, 0.2) is 47.8 Å². The van der Waals surface area contributed by atoms with Crippen molar-refractivity contribution in [3.63, 3.8) is 0 Å². The molecule has 9 nitrogen and oxygen atoms in total. The molecule has 1 aliphatic carbocycles. The molecule has 2 N–H and O–H groups in total. The Morgan fingerprint density at radius 3 is 2.72 bits per heavy atom. The Kier molecular flexibility index (Phi) is 4.32. The number of hydrogen-bond acceptors (Lipinski definition) is 8. The van der Waals surface area contributed by atoms with Gasteiger partial charge >= 0.3 is 0 Å². The normalized spacial score (nSPS) is 18.4. The molecule has 0 unspecified atom stereocenters. The van der Waals surface area contributed by atoms with Crippen LogP contribution in [-0.2, 0) is 5.41 Å². The summed E-state index contributed by atoms with van der Waals surface area (Å²) in [6.07, 6.45) is 3.95. The van der Waals surface area contributed by atoms with E-state index in [1.54, 1.807) is 17.5 Å². The number of anilines is 1. The summed E-state index contributed by atoms with van der Waals surface area (Å²) >= 11 is 0. The molecule has 6 rings (SSSR count). The number of piperazine rings is 1. The number of aromatic nitrogens is 5. The third-order valence-electron chi connectivity index (χ3n) is 6.66. The Labute approximate surface area is 184 Å². The molecular weight excluding hydrogens is 404 g/mol. The highest BCUT2D eigenvalue weighted by Gasteiger charge is 2.50. The second-order valence-corrected chi connectivity index (χ2v) is 8.62. The molecule has 9 heteroatoms. The summed E-state index contributed by atoms with van der Waals surface area (Å²) in [5.41, 5.74) is 4.88. The van der Waals surface area contributed by atoms with Gasteiger partial charge in [0.25, 0.3) is 0 Å². The fraction of sp³-hybridized carbons (Fsp3) is 0.348. The Morgan fingerprint density at radius 1 is 1.09 bits per heavy atom.